The highest BCUT2D eigenvalue weighted by Gasteiger charge is 2.13. The van der Waals surface area contributed by atoms with Gasteiger partial charge in [0.1, 0.15) is 5.69 Å². The number of hydrogen-bond donors (Lipinski definition) is 0. The topological polar surface area (TPSA) is 25.4 Å². The number of rotatable bonds is 2. The second-order valence-electron chi connectivity index (χ2n) is 3.36. The molecule has 16 heavy (non-hydrogen) atoms. The zero-order valence-electron chi connectivity index (χ0n) is 8.91. The fourth-order valence-electron chi connectivity index (χ4n) is 1.42. The monoisotopic (exact) mass is 256 g/mol. The third-order valence-electron chi connectivity index (χ3n) is 2.21. The van der Waals surface area contributed by atoms with E-state index in [0.717, 1.165) is 37.1 Å². The van der Waals surface area contributed by atoms with E-state index in [4.69, 9.17) is 16.3 Å². The highest BCUT2D eigenvalue weighted by atomic mass is 35.5. The van der Waals surface area contributed by atoms with Gasteiger partial charge in [0.25, 0.3) is 0 Å². The highest BCUT2D eigenvalue weighted by Crippen LogP contribution is 2.20. The molecule has 1 aliphatic heterocycles. The van der Waals surface area contributed by atoms with Crippen LogP contribution in [0.15, 0.2) is 5.38 Å². The molecular formula is C11H13ClN2OS. The largest absolute Gasteiger partial charge is 0.378 e. The van der Waals surface area contributed by atoms with E-state index in [1.54, 1.807) is 11.3 Å². The van der Waals surface area contributed by atoms with E-state index in [1.165, 1.54) is 0 Å². The summed E-state index contributed by atoms with van der Waals surface area (Å²) < 4.78 is 5.30. The summed E-state index contributed by atoms with van der Waals surface area (Å²) >= 11 is 7.19. The molecule has 86 valence electrons. The standard InChI is InChI=1S/C11H13ClN2OS/c12-4-2-1-3-10-9-16-11(13-10)14-5-7-15-8-6-14/h9H,2,4-8H2. The highest BCUT2D eigenvalue weighted by molar-refractivity contribution is 7.13. The van der Waals surface area contributed by atoms with Gasteiger partial charge in [0.05, 0.1) is 13.2 Å². The molecule has 0 bridgehead atoms. The van der Waals surface area contributed by atoms with E-state index >= 15 is 0 Å². The molecule has 1 saturated heterocycles. The van der Waals surface area contributed by atoms with Crippen molar-refractivity contribution in [2.45, 2.75) is 6.42 Å². The summed E-state index contributed by atoms with van der Waals surface area (Å²) in [5.41, 5.74) is 0.844. The normalized spacial score (nSPS) is 15.7. The molecule has 1 aromatic heterocycles. The number of halogens is 1. The van der Waals surface area contributed by atoms with Gasteiger partial charge in [-0.15, -0.1) is 22.9 Å². The van der Waals surface area contributed by atoms with Crippen molar-refractivity contribution < 1.29 is 4.74 Å². The first kappa shape index (κ1) is 11.7. The Bertz CT molecular complexity index is 390. The zero-order chi connectivity index (χ0) is 11.2. The molecule has 0 amide bonds. The molecule has 5 heteroatoms. The van der Waals surface area contributed by atoms with E-state index in [9.17, 15) is 0 Å². The fraction of sp³-hybridized carbons (Fsp3) is 0.545. The van der Waals surface area contributed by atoms with Crippen LogP contribution in [0.1, 0.15) is 12.1 Å². The van der Waals surface area contributed by atoms with Crippen molar-refractivity contribution in [3.8, 4) is 11.8 Å². The van der Waals surface area contributed by atoms with Crippen molar-refractivity contribution in [3.05, 3.63) is 11.1 Å². The van der Waals surface area contributed by atoms with E-state index in [-0.39, 0.29) is 0 Å². The van der Waals surface area contributed by atoms with Crippen molar-refractivity contribution in [2.75, 3.05) is 37.1 Å². The summed E-state index contributed by atoms with van der Waals surface area (Å²) in [6, 6.07) is 0. The van der Waals surface area contributed by atoms with Crippen molar-refractivity contribution in [1.29, 1.82) is 0 Å². The molecule has 0 atom stereocenters. The lowest BCUT2D eigenvalue weighted by molar-refractivity contribution is 0.122. The van der Waals surface area contributed by atoms with Gasteiger partial charge in [0.2, 0.25) is 0 Å². The van der Waals surface area contributed by atoms with Gasteiger partial charge >= 0.3 is 0 Å². The van der Waals surface area contributed by atoms with Gasteiger partial charge in [-0.2, -0.15) is 0 Å². The lowest BCUT2D eigenvalue weighted by atomic mass is 10.4. The molecule has 1 aromatic rings. The minimum absolute atomic E-state index is 0.577. The van der Waals surface area contributed by atoms with Gasteiger partial charge < -0.3 is 9.64 Å². The molecular weight excluding hydrogens is 244 g/mol. The SMILES string of the molecule is ClCCC#Cc1csc(N2CCOCC2)n1. The summed E-state index contributed by atoms with van der Waals surface area (Å²) in [5, 5.41) is 3.03. The Hall–Kier alpha value is -0.760. The maximum atomic E-state index is 5.55. The Labute approximate surface area is 104 Å². The number of thiazole rings is 1. The molecule has 3 nitrogen and oxygen atoms in total. The predicted octanol–water partition coefficient (Wildman–Crippen LogP) is 1.96. The first-order chi connectivity index (χ1) is 7.90. The van der Waals surface area contributed by atoms with Gasteiger partial charge in [-0.25, -0.2) is 4.98 Å². The molecule has 0 saturated carbocycles. The summed E-state index contributed by atoms with van der Waals surface area (Å²) in [7, 11) is 0. The van der Waals surface area contributed by atoms with Crippen molar-refractivity contribution >= 4 is 28.1 Å². The summed E-state index contributed by atoms with van der Waals surface area (Å²) in [4.78, 5) is 6.71. The summed E-state index contributed by atoms with van der Waals surface area (Å²) in [6.07, 6.45) is 0.714. The number of morpholine rings is 1. The minimum atomic E-state index is 0.577. The Morgan fingerprint density at radius 2 is 2.31 bits per heavy atom. The van der Waals surface area contributed by atoms with Crippen molar-refractivity contribution in [3.63, 3.8) is 0 Å². The molecule has 1 aliphatic rings. The van der Waals surface area contributed by atoms with Gasteiger partial charge in [-0.3, -0.25) is 0 Å². The number of aromatic nitrogens is 1. The van der Waals surface area contributed by atoms with Gasteiger partial charge in [-0.05, 0) is 5.92 Å². The van der Waals surface area contributed by atoms with Crippen LogP contribution in [0.2, 0.25) is 0 Å². The zero-order valence-corrected chi connectivity index (χ0v) is 10.5. The van der Waals surface area contributed by atoms with Crippen LogP contribution in [0, 0.1) is 11.8 Å². The predicted molar refractivity (Wildman–Crippen MR) is 67.4 cm³/mol. The second-order valence-corrected chi connectivity index (χ2v) is 4.57. The first-order valence-corrected chi connectivity index (χ1v) is 6.64. The number of ether oxygens (including phenoxy) is 1. The van der Waals surface area contributed by atoms with Crippen LogP contribution in [0.3, 0.4) is 0 Å². The van der Waals surface area contributed by atoms with Crippen molar-refractivity contribution in [2.24, 2.45) is 0 Å². The van der Waals surface area contributed by atoms with Gasteiger partial charge in [0, 0.05) is 30.8 Å². The number of alkyl halides is 1. The molecule has 0 aromatic carbocycles. The molecule has 0 radical (unpaired) electrons. The third kappa shape index (κ3) is 3.11. The average Bonchev–Trinajstić information content (AvgIpc) is 2.79. The van der Waals surface area contributed by atoms with E-state index < -0.39 is 0 Å². The maximum Gasteiger partial charge on any atom is 0.186 e. The molecule has 2 heterocycles. The quantitative estimate of drug-likeness (QED) is 0.598. The Morgan fingerprint density at radius 3 is 3.06 bits per heavy atom. The first-order valence-electron chi connectivity index (χ1n) is 5.23. The summed E-state index contributed by atoms with van der Waals surface area (Å²) in [6.45, 7) is 3.41. The smallest absolute Gasteiger partial charge is 0.186 e. The minimum Gasteiger partial charge on any atom is -0.378 e. The van der Waals surface area contributed by atoms with E-state index in [0.29, 0.717) is 12.3 Å². The fourth-order valence-corrected chi connectivity index (χ4v) is 2.33. The van der Waals surface area contributed by atoms with Crippen LogP contribution in [0.4, 0.5) is 5.13 Å². The molecule has 0 spiro atoms. The van der Waals surface area contributed by atoms with Crippen LogP contribution in [0.25, 0.3) is 0 Å². The molecule has 1 fully saturated rings. The summed E-state index contributed by atoms with van der Waals surface area (Å²) in [5.74, 6) is 6.58. The van der Waals surface area contributed by atoms with Crippen molar-refractivity contribution in [1.82, 2.24) is 4.98 Å². The molecule has 2 rings (SSSR count). The van der Waals surface area contributed by atoms with Gasteiger partial charge in [-0.1, -0.05) is 5.92 Å². The third-order valence-corrected chi connectivity index (χ3v) is 3.30. The molecule has 0 unspecified atom stereocenters. The number of nitrogens with zero attached hydrogens (tertiary/aromatic N) is 2. The second kappa shape index (κ2) is 6.09. The average molecular weight is 257 g/mol. The van der Waals surface area contributed by atoms with Crippen LogP contribution in [-0.2, 0) is 4.74 Å². The van der Waals surface area contributed by atoms with Crippen LogP contribution in [-0.4, -0.2) is 37.2 Å². The number of anilines is 1. The van der Waals surface area contributed by atoms with Gasteiger partial charge in [0.15, 0.2) is 5.13 Å². The maximum absolute atomic E-state index is 5.55. The van der Waals surface area contributed by atoms with Crippen LogP contribution >= 0.6 is 22.9 Å². The lowest BCUT2D eigenvalue weighted by Gasteiger charge is -2.25. The van der Waals surface area contributed by atoms with Crippen LogP contribution < -0.4 is 4.90 Å². The molecule has 0 aliphatic carbocycles. The van der Waals surface area contributed by atoms with Crippen LogP contribution in [0.5, 0.6) is 0 Å². The Kier molecular flexibility index (Phi) is 4.46. The Morgan fingerprint density at radius 1 is 1.50 bits per heavy atom. The molecule has 0 N–H and O–H groups in total. The number of hydrogen-bond acceptors (Lipinski definition) is 4. The lowest BCUT2D eigenvalue weighted by Crippen LogP contribution is -2.36. The van der Waals surface area contributed by atoms with E-state index in [1.807, 2.05) is 5.38 Å². The Balaban J connectivity index is 1.99. The van der Waals surface area contributed by atoms with E-state index in [2.05, 4.69) is 21.7 Å².